The number of ether oxygens (including phenoxy) is 1. The summed E-state index contributed by atoms with van der Waals surface area (Å²) in [5.41, 5.74) is 0.772. The van der Waals surface area contributed by atoms with Gasteiger partial charge < -0.3 is 15.4 Å². The van der Waals surface area contributed by atoms with Crippen molar-refractivity contribution in [2.24, 2.45) is 5.41 Å². The first-order valence-electron chi connectivity index (χ1n) is 11.8. The average molecular weight is 454 g/mol. The third-order valence-electron chi connectivity index (χ3n) is 6.79. The predicted molar refractivity (Wildman–Crippen MR) is 124 cm³/mol. The molecule has 1 fully saturated rings. The molecule has 0 radical (unpaired) electrons. The van der Waals surface area contributed by atoms with E-state index in [0.29, 0.717) is 43.1 Å². The summed E-state index contributed by atoms with van der Waals surface area (Å²) in [6, 6.07) is 14.0. The maximum absolute atomic E-state index is 14.1. The van der Waals surface area contributed by atoms with Gasteiger partial charge in [-0.1, -0.05) is 36.8 Å². The minimum Gasteiger partial charge on any atom is -0.491 e. The van der Waals surface area contributed by atoms with Gasteiger partial charge in [-0.25, -0.2) is 4.39 Å². The van der Waals surface area contributed by atoms with Crippen molar-refractivity contribution in [2.75, 3.05) is 32.8 Å². The first-order chi connectivity index (χ1) is 16.1. The lowest BCUT2D eigenvalue weighted by atomic mass is 9.73. The molecule has 176 valence electrons. The number of piperidine rings is 1. The highest BCUT2D eigenvalue weighted by Gasteiger charge is 2.40. The normalized spacial score (nSPS) is 20.2. The van der Waals surface area contributed by atoms with Gasteiger partial charge in [-0.3, -0.25) is 14.5 Å². The Morgan fingerprint density at radius 2 is 1.67 bits per heavy atom. The molecule has 4 rings (SSSR count). The molecule has 6 nitrogen and oxygen atoms in total. The van der Waals surface area contributed by atoms with Crippen molar-refractivity contribution >= 4 is 11.8 Å². The monoisotopic (exact) mass is 453 g/mol. The molecular weight excluding hydrogens is 421 g/mol. The largest absolute Gasteiger partial charge is 0.491 e. The van der Waals surface area contributed by atoms with E-state index in [1.807, 2.05) is 24.3 Å². The van der Waals surface area contributed by atoms with E-state index in [1.54, 1.807) is 18.2 Å². The van der Waals surface area contributed by atoms with E-state index in [9.17, 15) is 14.0 Å². The quantitative estimate of drug-likeness (QED) is 0.730. The number of benzene rings is 2. The zero-order valence-electron chi connectivity index (χ0n) is 18.9. The number of halogens is 1. The highest BCUT2D eigenvalue weighted by Crippen LogP contribution is 2.37. The van der Waals surface area contributed by atoms with Crippen LogP contribution in [0.1, 0.15) is 48.0 Å². The lowest BCUT2D eigenvalue weighted by molar-refractivity contribution is -0.134. The van der Waals surface area contributed by atoms with Gasteiger partial charge >= 0.3 is 0 Å². The summed E-state index contributed by atoms with van der Waals surface area (Å²) < 4.78 is 19.9. The Morgan fingerprint density at radius 1 is 0.909 bits per heavy atom. The van der Waals surface area contributed by atoms with E-state index in [0.717, 1.165) is 45.2 Å². The minimum absolute atomic E-state index is 0.0750. The molecule has 1 spiro atoms. The molecule has 2 N–H and O–H groups in total. The number of carbonyl (C=O) groups excluding carboxylic acids is 2. The van der Waals surface area contributed by atoms with Crippen molar-refractivity contribution in [2.45, 2.75) is 38.6 Å². The van der Waals surface area contributed by atoms with Crippen molar-refractivity contribution in [1.82, 2.24) is 15.5 Å². The number of hydrogen-bond acceptors (Lipinski definition) is 4. The molecule has 2 heterocycles. The van der Waals surface area contributed by atoms with Crippen LogP contribution in [0.2, 0.25) is 0 Å². The molecule has 2 aliphatic heterocycles. The van der Waals surface area contributed by atoms with E-state index in [-0.39, 0.29) is 17.6 Å². The van der Waals surface area contributed by atoms with Crippen molar-refractivity contribution < 1.29 is 18.7 Å². The molecule has 33 heavy (non-hydrogen) atoms. The SMILES string of the molecule is O=C1NCCCCC2(CCN(Cc3ccccc3F)CC2)C(=O)NCCOc2ccccc21. The van der Waals surface area contributed by atoms with Crippen molar-refractivity contribution in [1.29, 1.82) is 0 Å². The van der Waals surface area contributed by atoms with Gasteiger partial charge in [-0.2, -0.15) is 0 Å². The molecular formula is C26H32FN3O3. The summed E-state index contributed by atoms with van der Waals surface area (Å²) in [4.78, 5) is 28.0. The Balaban J connectivity index is 1.39. The zero-order chi connectivity index (χ0) is 23.1. The Hall–Kier alpha value is -2.93. The van der Waals surface area contributed by atoms with Crippen LogP contribution in [0.15, 0.2) is 48.5 Å². The van der Waals surface area contributed by atoms with Crippen LogP contribution in [0.5, 0.6) is 5.75 Å². The average Bonchev–Trinajstić information content (AvgIpc) is 2.83. The van der Waals surface area contributed by atoms with Crippen LogP contribution in [0, 0.1) is 11.2 Å². The first kappa shape index (κ1) is 23.2. The van der Waals surface area contributed by atoms with Gasteiger partial charge in [0.1, 0.15) is 18.2 Å². The van der Waals surface area contributed by atoms with Crippen LogP contribution in [0.4, 0.5) is 4.39 Å². The van der Waals surface area contributed by atoms with Gasteiger partial charge in [0.2, 0.25) is 5.91 Å². The van der Waals surface area contributed by atoms with E-state index >= 15 is 0 Å². The highest BCUT2D eigenvalue weighted by atomic mass is 19.1. The van der Waals surface area contributed by atoms with Gasteiger partial charge in [-0.05, 0) is 57.0 Å². The van der Waals surface area contributed by atoms with Gasteiger partial charge in [0.15, 0.2) is 0 Å². The second-order valence-electron chi connectivity index (χ2n) is 8.96. The Morgan fingerprint density at radius 3 is 2.48 bits per heavy atom. The van der Waals surface area contributed by atoms with E-state index in [2.05, 4.69) is 15.5 Å². The van der Waals surface area contributed by atoms with Gasteiger partial charge in [0, 0.05) is 18.7 Å². The lowest BCUT2D eigenvalue weighted by Crippen LogP contribution is -2.49. The number of carbonyl (C=O) groups is 2. The summed E-state index contributed by atoms with van der Waals surface area (Å²) >= 11 is 0. The molecule has 0 bridgehead atoms. The second kappa shape index (κ2) is 10.8. The molecule has 0 atom stereocenters. The summed E-state index contributed by atoms with van der Waals surface area (Å²) in [6.45, 7) is 3.31. The van der Waals surface area contributed by atoms with E-state index < -0.39 is 5.41 Å². The topological polar surface area (TPSA) is 70.7 Å². The number of hydrogen-bond donors (Lipinski definition) is 2. The van der Waals surface area contributed by atoms with E-state index in [4.69, 9.17) is 4.74 Å². The van der Waals surface area contributed by atoms with Crippen molar-refractivity contribution in [3.8, 4) is 5.75 Å². The number of nitrogens with zero attached hydrogens (tertiary/aromatic N) is 1. The smallest absolute Gasteiger partial charge is 0.255 e. The van der Waals surface area contributed by atoms with Crippen LogP contribution in [0.25, 0.3) is 0 Å². The van der Waals surface area contributed by atoms with E-state index in [1.165, 1.54) is 6.07 Å². The van der Waals surface area contributed by atoms with Crippen molar-refractivity contribution in [3.05, 3.63) is 65.5 Å². The molecule has 0 unspecified atom stereocenters. The fourth-order valence-corrected chi connectivity index (χ4v) is 4.78. The number of likely N-dealkylation sites (tertiary alicyclic amines) is 1. The van der Waals surface area contributed by atoms with Crippen LogP contribution in [-0.4, -0.2) is 49.5 Å². The molecule has 7 heteroatoms. The van der Waals surface area contributed by atoms with Crippen LogP contribution in [0.3, 0.4) is 0 Å². The lowest BCUT2D eigenvalue weighted by Gasteiger charge is -2.41. The number of para-hydroxylation sites is 1. The minimum atomic E-state index is -0.433. The maximum Gasteiger partial charge on any atom is 0.255 e. The third-order valence-corrected chi connectivity index (χ3v) is 6.79. The standard InChI is InChI=1S/C26H32FN3O3/c27-22-9-3-1-7-20(22)19-30-16-12-26(13-17-30)11-5-6-14-28-24(31)21-8-2-4-10-23(21)33-18-15-29-25(26)32/h1-4,7-10H,5-6,11-19H2,(H,28,31)(H,29,32). The van der Waals surface area contributed by atoms with Gasteiger partial charge in [0.05, 0.1) is 17.5 Å². The molecule has 1 saturated heterocycles. The first-order valence-corrected chi connectivity index (χ1v) is 11.8. The summed E-state index contributed by atoms with van der Waals surface area (Å²) in [5.74, 6) is 0.281. The van der Waals surface area contributed by atoms with Crippen LogP contribution < -0.4 is 15.4 Å². The summed E-state index contributed by atoms with van der Waals surface area (Å²) in [7, 11) is 0. The van der Waals surface area contributed by atoms with Crippen molar-refractivity contribution in [3.63, 3.8) is 0 Å². The summed E-state index contributed by atoms with van der Waals surface area (Å²) in [5, 5.41) is 6.04. The highest BCUT2D eigenvalue weighted by molar-refractivity contribution is 5.96. The predicted octanol–water partition coefficient (Wildman–Crippen LogP) is 3.52. The Kier molecular flexibility index (Phi) is 7.60. The van der Waals surface area contributed by atoms with Crippen LogP contribution in [-0.2, 0) is 11.3 Å². The molecule has 0 aliphatic carbocycles. The number of nitrogens with one attached hydrogen (secondary N) is 2. The molecule has 0 saturated carbocycles. The van der Waals surface area contributed by atoms with Gasteiger partial charge in [-0.15, -0.1) is 0 Å². The number of rotatable bonds is 2. The fraction of sp³-hybridized carbons (Fsp3) is 0.462. The molecule has 2 aliphatic rings. The van der Waals surface area contributed by atoms with Crippen LogP contribution >= 0.6 is 0 Å². The Labute approximate surface area is 194 Å². The number of fused-ring (bicyclic) bond motifs is 1. The zero-order valence-corrected chi connectivity index (χ0v) is 18.9. The maximum atomic E-state index is 14.1. The molecule has 2 aromatic carbocycles. The number of amides is 2. The third kappa shape index (κ3) is 5.71. The Bertz CT molecular complexity index is 973. The molecule has 0 aromatic heterocycles. The summed E-state index contributed by atoms with van der Waals surface area (Å²) in [6.07, 6.45) is 3.92. The fourth-order valence-electron chi connectivity index (χ4n) is 4.78. The molecule has 2 amide bonds. The molecule has 2 aromatic rings. The second-order valence-corrected chi connectivity index (χ2v) is 8.96. The van der Waals surface area contributed by atoms with Gasteiger partial charge in [0.25, 0.3) is 5.91 Å².